The average molecular weight is 476 g/mol. The maximum Gasteiger partial charge on any atom is 0.412 e. The van der Waals surface area contributed by atoms with E-state index in [2.05, 4.69) is 25.6 Å². The highest BCUT2D eigenvalue weighted by Gasteiger charge is 2.34. The number of aromatic nitrogens is 2. The Hall–Kier alpha value is -4.21. The third-order valence-corrected chi connectivity index (χ3v) is 6.77. The van der Waals surface area contributed by atoms with E-state index in [1.165, 1.54) is 0 Å². The molecule has 2 aliphatic carbocycles. The molecular weight excluding hydrogens is 452 g/mol. The first-order valence-corrected chi connectivity index (χ1v) is 11.5. The van der Waals surface area contributed by atoms with E-state index >= 15 is 0 Å². The first-order chi connectivity index (χ1) is 17.0. The number of anilines is 1. The van der Waals surface area contributed by atoms with Gasteiger partial charge >= 0.3 is 12.1 Å². The highest BCUT2D eigenvalue weighted by Crippen LogP contribution is 2.44. The molecule has 5 rings (SSSR count). The van der Waals surface area contributed by atoms with Crippen LogP contribution in [-0.4, -0.2) is 46.5 Å². The molecule has 35 heavy (non-hydrogen) atoms. The van der Waals surface area contributed by atoms with Crippen LogP contribution in [-0.2, 0) is 9.53 Å². The van der Waals surface area contributed by atoms with E-state index in [4.69, 9.17) is 4.74 Å². The molecule has 1 heterocycles. The normalized spacial score (nSPS) is 18.5. The number of carbonyl (C=O) groups is 3. The lowest BCUT2D eigenvalue weighted by Gasteiger charge is -2.16. The summed E-state index contributed by atoms with van der Waals surface area (Å²) in [6, 6.07) is 16.0. The fourth-order valence-electron chi connectivity index (χ4n) is 5.06. The topological polar surface area (TPSA) is 144 Å². The summed E-state index contributed by atoms with van der Waals surface area (Å²) in [5.74, 6) is -2.39. The van der Waals surface area contributed by atoms with Gasteiger partial charge in [0.1, 0.15) is 6.61 Å². The summed E-state index contributed by atoms with van der Waals surface area (Å²) in [5, 5.41) is 21.6. The summed E-state index contributed by atoms with van der Waals surface area (Å²) in [6.07, 6.45) is 1.32. The van der Waals surface area contributed by atoms with Gasteiger partial charge in [-0.15, -0.1) is 0 Å². The van der Waals surface area contributed by atoms with Gasteiger partial charge in [-0.3, -0.25) is 14.9 Å². The molecule has 0 spiro atoms. The number of nitrogens with zero attached hydrogens (tertiary/aromatic N) is 2. The molecule has 2 aromatic carbocycles. The molecule has 0 bridgehead atoms. The van der Waals surface area contributed by atoms with Gasteiger partial charge in [0.05, 0.1) is 5.92 Å². The maximum atomic E-state index is 12.6. The molecule has 1 aromatic heterocycles. The van der Waals surface area contributed by atoms with Crippen molar-refractivity contribution in [3.05, 3.63) is 65.4 Å². The number of benzene rings is 2. The number of hydrogen-bond donors (Lipinski definition) is 3. The van der Waals surface area contributed by atoms with Crippen LogP contribution in [0.15, 0.2) is 53.2 Å². The van der Waals surface area contributed by atoms with E-state index in [1.807, 2.05) is 48.5 Å². The Morgan fingerprint density at radius 3 is 2.37 bits per heavy atom. The number of carbonyl (C=O) groups excluding carboxylic acids is 2. The fraction of sp³-hybridized carbons (Fsp3) is 0.320. The van der Waals surface area contributed by atoms with Crippen molar-refractivity contribution < 1.29 is 28.9 Å². The van der Waals surface area contributed by atoms with Crippen LogP contribution in [0.3, 0.4) is 0 Å². The molecule has 3 N–H and O–H groups in total. The summed E-state index contributed by atoms with van der Waals surface area (Å²) >= 11 is 0. The lowest BCUT2D eigenvalue weighted by Crippen LogP contribution is -2.33. The van der Waals surface area contributed by atoms with E-state index in [0.717, 1.165) is 35.1 Å². The predicted octanol–water partition coefficient (Wildman–Crippen LogP) is 3.66. The zero-order valence-electron chi connectivity index (χ0n) is 18.8. The minimum absolute atomic E-state index is 0.102. The molecule has 1 fully saturated rings. The SMILES string of the molecule is O=C(Nc1nonc1C(=O)NC[C@@H]1CCC[C@@H]1C(=O)O)OCC1c2ccccc2-c2ccccc21. The van der Waals surface area contributed by atoms with E-state index in [0.29, 0.717) is 6.42 Å². The van der Waals surface area contributed by atoms with E-state index in [1.54, 1.807) is 0 Å². The van der Waals surface area contributed by atoms with Gasteiger partial charge in [-0.25, -0.2) is 9.42 Å². The lowest BCUT2D eigenvalue weighted by atomic mass is 9.96. The van der Waals surface area contributed by atoms with Gasteiger partial charge < -0.3 is 15.2 Å². The van der Waals surface area contributed by atoms with Crippen LogP contribution in [0.25, 0.3) is 11.1 Å². The van der Waals surface area contributed by atoms with Crippen molar-refractivity contribution in [2.45, 2.75) is 25.2 Å². The lowest BCUT2D eigenvalue weighted by molar-refractivity contribution is -0.142. The van der Waals surface area contributed by atoms with E-state index in [-0.39, 0.29) is 36.5 Å². The van der Waals surface area contributed by atoms with E-state index in [9.17, 15) is 19.5 Å². The highest BCUT2D eigenvalue weighted by atomic mass is 16.6. The average Bonchev–Trinajstić information content (AvgIpc) is 3.59. The first kappa shape index (κ1) is 22.6. The van der Waals surface area contributed by atoms with Crippen LogP contribution in [0.5, 0.6) is 0 Å². The van der Waals surface area contributed by atoms with Gasteiger partial charge in [-0.2, -0.15) is 0 Å². The van der Waals surface area contributed by atoms with Crippen LogP contribution >= 0.6 is 0 Å². The molecule has 0 saturated heterocycles. The van der Waals surface area contributed by atoms with Crippen molar-refractivity contribution in [3.63, 3.8) is 0 Å². The monoisotopic (exact) mass is 476 g/mol. The van der Waals surface area contributed by atoms with Crippen molar-refractivity contribution in [1.29, 1.82) is 0 Å². The number of fused-ring (bicyclic) bond motifs is 3. The van der Waals surface area contributed by atoms with Crippen LogP contribution in [0.1, 0.15) is 46.8 Å². The Bertz CT molecular complexity index is 1230. The smallest absolute Gasteiger partial charge is 0.412 e. The van der Waals surface area contributed by atoms with E-state index < -0.39 is 23.9 Å². The highest BCUT2D eigenvalue weighted by molar-refractivity contribution is 5.99. The van der Waals surface area contributed by atoms with Gasteiger partial charge in [-0.1, -0.05) is 55.0 Å². The Morgan fingerprint density at radius 1 is 1.00 bits per heavy atom. The van der Waals surface area contributed by atoms with Crippen LogP contribution in [0.2, 0.25) is 0 Å². The summed E-state index contributed by atoms with van der Waals surface area (Å²) in [7, 11) is 0. The molecule has 2 aliphatic rings. The molecule has 2 atom stereocenters. The zero-order chi connectivity index (χ0) is 24.4. The number of rotatable bonds is 7. The quantitative estimate of drug-likeness (QED) is 0.469. The molecule has 0 unspecified atom stereocenters. The first-order valence-electron chi connectivity index (χ1n) is 11.5. The Kier molecular flexibility index (Phi) is 6.17. The van der Waals surface area contributed by atoms with Crippen molar-refractivity contribution in [3.8, 4) is 11.1 Å². The second-order valence-corrected chi connectivity index (χ2v) is 8.76. The third kappa shape index (κ3) is 4.46. The van der Waals surface area contributed by atoms with Gasteiger partial charge in [-0.05, 0) is 51.3 Å². The minimum atomic E-state index is -0.859. The number of carboxylic acids is 1. The van der Waals surface area contributed by atoms with Crippen LogP contribution in [0, 0.1) is 11.8 Å². The standard InChI is InChI=1S/C25H24N4O6/c30-23(26-12-14-6-5-11-15(14)24(31)32)21-22(29-35-28-21)27-25(33)34-13-20-18-9-3-1-7-16(18)17-8-2-4-10-19(17)20/h1-4,7-10,14-15,20H,5-6,11-13H2,(H,26,30)(H,31,32)(H,27,29,33)/t14-,15-/m0/s1. The Labute approximate surface area is 200 Å². The number of nitrogens with one attached hydrogen (secondary N) is 2. The fourth-order valence-corrected chi connectivity index (χ4v) is 5.06. The number of aliphatic carboxylic acids is 1. The van der Waals surface area contributed by atoms with Crippen molar-refractivity contribution in [2.24, 2.45) is 11.8 Å². The van der Waals surface area contributed by atoms with Crippen LogP contribution in [0.4, 0.5) is 10.6 Å². The van der Waals surface area contributed by atoms with Gasteiger partial charge in [0.2, 0.25) is 11.5 Å². The maximum absolute atomic E-state index is 12.6. The number of hydrogen-bond acceptors (Lipinski definition) is 7. The summed E-state index contributed by atoms with van der Waals surface area (Å²) in [6.45, 7) is 0.290. The number of ether oxygens (including phenoxy) is 1. The third-order valence-electron chi connectivity index (χ3n) is 6.77. The largest absolute Gasteiger partial charge is 0.481 e. The zero-order valence-corrected chi connectivity index (χ0v) is 18.8. The summed E-state index contributed by atoms with van der Waals surface area (Å²) in [4.78, 5) is 36.4. The van der Waals surface area contributed by atoms with Crippen molar-refractivity contribution >= 4 is 23.8 Å². The molecule has 3 aromatic rings. The van der Waals surface area contributed by atoms with Gasteiger partial charge in [0, 0.05) is 12.5 Å². The minimum Gasteiger partial charge on any atom is -0.481 e. The number of amides is 2. The Balaban J connectivity index is 1.19. The Morgan fingerprint density at radius 2 is 1.69 bits per heavy atom. The molecular formula is C25H24N4O6. The summed E-state index contributed by atoms with van der Waals surface area (Å²) < 4.78 is 10.1. The molecule has 2 amide bonds. The molecule has 10 heteroatoms. The molecule has 0 aliphatic heterocycles. The molecule has 0 radical (unpaired) electrons. The van der Waals surface area contributed by atoms with Crippen LogP contribution < -0.4 is 10.6 Å². The molecule has 1 saturated carbocycles. The second-order valence-electron chi connectivity index (χ2n) is 8.76. The molecule has 180 valence electrons. The predicted molar refractivity (Wildman–Crippen MR) is 124 cm³/mol. The van der Waals surface area contributed by atoms with Gasteiger partial charge in [0.25, 0.3) is 5.91 Å². The summed E-state index contributed by atoms with van der Waals surface area (Å²) in [5.41, 5.74) is 4.18. The van der Waals surface area contributed by atoms with Crippen molar-refractivity contribution in [1.82, 2.24) is 15.6 Å². The van der Waals surface area contributed by atoms with Crippen molar-refractivity contribution in [2.75, 3.05) is 18.5 Å². The second kappa shape index (κ2) is 9.57. The number of carboxylic acid groups (broad SMARTS) is 1. The van der Waals surface area contributed by atoms with Gasteiger partial charge in [0.15, 0.2) is 0 Å². The molecule has 10 nitrogen and oxygen atoms in total.